The summed E-state index contributed by atoms with van der Waals surface area (Å²) in [5, 5.41) is 9.62. The Labute approximate surface area is 116 Å². The van der Waals surface area contributed by atoms with Crippen LogP contribution in [0.5, 0.6) is 0 Å². The first-order valence-electron chi connectivity index (χ1n) is 5.85. The predicted octanol–water partition coefficient (Wildman–Crippen LogP) is 3.59. The van der Waals surface area contributed by atoms with Crippen molar-refractivity contribution in [3.05, 3.63) is 53.4 Å². The fraction of sp³-hybridized carbons (Fsp3) is 0.214. The molecule has 0 saturated heterocycles. The van der Waals surface area contributed by atoms with E-state index in [0.717, 1.165) is 5.69 Å². The van der Waals surface area contributed by atoms with Crippen LogP contribution in [0.4, 0.5) is 5.69 Å². The first kappa shape index (κ1) is 13.5. The van der Waals surface area contributed by atoms with Crippen LogP contribution in [0.2, 0.25) is 5.02 Å². The number of halogens is 1. The molecule has 19 heavy (non-hydrogen) atoms. The van der Waals surface area contributed by atoms with Gasteiger partial charge in [0, 0.05) is 10.7 Å². The summed E-state index contributed by atoms with van der Waals surface area (Å²) >= 11 is 5.96. The molecule has 0 radical (unpaired) electrons. The van der Waals surface area contributed by atoms with E-state index in [1.165, 1.54) is 0 Å². The van der Waals surface area contributed by atoms with Gasteiger partial charge >= 0.3 is 5.97 Å². The summed E-state index contributed by atoms with van der Waals surface area (Å²) in [4.78, 5) is 12.8. The third-order valence-corrected chi connectivity index (χ3v) is 3.10. The lowest BCUT2D eigenvalue weighted by Crippen LogP contribution is -2.32. The van der Waals surface area contributed by atoms with E-state index in [-0.39, 0.29) is 12.6 Å². The molecule has 0 aliphatic rings. The lowest BCUT2D eigenvalue weighted by Gasteiger charge is -2.28. The van der Waals surface area contributed by atoms with E-state index in [1.54, 1.807) is 35.4 Å². The second-order valence-corrected chi connectivity index (χ2v) is 4.63. The van der Waals surface area contributed by atoms with Gasteiger partial charge in [-0.2, -0.15) is 0 Å². The Hall–Kier alpha value is -1.94. The average molecular weight is 280 g/mol. The fourth-order valence-corrected chi connectivity index (χ4v) is 2.12. The van der Waals surface area contributed by atoms with Gasteiger partial charge in [-0.15, -0.1) is 0 Å². The van der Waals surface area contributed by atoms with Gasteiger partial charge in [-0.25, -0.2) is 0 Å². The van der Waals surface area contributed by atoms with Crippen LogP contribution in [0, 0.1) is 0 Å². The van der Waals surface area contributed by atoms with Gasteiger partial charge < -0.3 is 14.4 Å². The highest BCUT2D eigenvalue weighted by atomic mass is 35.5. The molecule has 0 aliphatic heterocycles. The van der Waals surface area contributed by atoms with E-state index >= 15 is 0 Å². The Balaban J connectivity index is 2.33. The summed E-state index contributed by atoms with van der Waals surface area (Å²) in [6.45, 7) is 1.77. The van der Waals surface area contributed by atoms with E-state index in [9.17, 15) is 4.79 Å². The zero-order valence-corrected chi connectivity index (χ0v) is 11.2. The van der Waals surface area contributed by atoms with E-state index in [4.69, 9.17) is 21.1 Å². The lowest BCUT2D eigenvalue weighted by molar-refractivity contribution is -0.135. The van der Waals surface area contributed by atoms with Crippen molar-refractivity contribution in [2.24, 2.45) is 0 Å². The number of carboxylic acids is 1. The standard InChI is InChI=1S/C14H14ClNO3/c1-10(13-6-3-7-19-13)16(9-14(17)18)12-5-2-4-11(15)8-12/h2-8,10H,9H2,1H3,(H,17,18). The highest BCUT2D eigenvalue weighted by Gasteiger charge is 2.21. The molecule has 2 rings (SSSR count). The van der Waals surface area contributed by atoms with Gasteiger partial charge in [0.25, 0.3) is 0 Å². The maximum Gasteiger partial charge on any atom is 0.323 e. The predicted molar refractivity (Wildman–Crippen MR) is 73.6 cm³/mol. The van der Waals surface area contributed by atoms with E-state index in [2.05, 4.69) is 0 Å². The minimum atomic E-state index is -0.904. The maximum absolute atomic E-state index is 11.0. The van der Waals surface area contributed by atoms with Crippen LogP contribution >= 0.6 is 11.6 Å². The molecule has 2 aromatic rings. The van der Waals surface area contributed by atoms with Crippen LogP contribution in [0.15, 0.2) is 47.1 Å². The van der Waals surface area contributed by atoms with Crippen LogP contribution in [0.1, 0.15) is 18.7 Å². The number of aliphatic carboxylic acids is 1. The molecule has 0 aliphatic carbocycles. The van der Waals surface area contributed by atoms with Crippen LogP contribution in [0.3, 0.4) is 0 Å². The number of nitrogens with zero attached hydrogens (tertiary/aromatic N) is 1. The normalized spacial score (nSPS) is 12.1. The molecule has 1 aromatic carbocycles. The second-order valence-electron chi connectivity index (χ2n) is 4.19. The zero-order chi connectivity index (χ0) is 13.8. The summed E-state index contributed by atoms with van der Waals surface area (Å²) in [6, 6.07) is 10.5. The number of anilines is 1. The number of benzene rings is 1. The molecule has 4 nitrogen and oxygen atoms in total. The first-order chi connectivity index (χ1) is 9.08. The lowest BCUT2D eigenvalue weighted by atomic mass is 10.2. The highest BCUT2D eigenvalue weighted by molar-refractivity contribution is 6.30. The molecule has 100 valence electrons. The molecular weight excluding hydrogens is 266 g/mol. The van der Waals surface area contributed by atoms with Crippen molar-refractivity contribution >= 4 is 23.3 Å². The van der Waals surface area contributed by atoms with Gasteiger partial charge in [-0.05, 0) is 37.3 Å². The van der Waals surface area contributed by atoms with Gasteiger partial charge in [0.1, 0.15) is 12.3 Å². The molecule has 0 amide bonds. The molecular formula is C14H14ClNO3. The molecule has 0 spiro atoms. The summed E-state index contributed by atoms with van der Waals surface area (Å²) in [7, 11) is 0. The molecule has 1 aromatic heterocycles. The molecule has 1 heterocycles. The van der Waals surface area contributed by atoms with Crippen LogP contribution in [-0.4, -0.2) is 17.6 Å². The third-order valence-electron chi connectivity index (χ3n) is 2.87. The maximum atomic E-state index is 11.0. The van der Waals surface area contributed by atoms with Gasteiger partial charge in [-0.3, -0.25) is 4.79 Å². The van der Waals surface area contributed by atoms with Crippen molar-refractivity contribution in [2.45, 2.75) is 13.0 Å². The third kappa shape index (κ3) is 3.29. The zero-order valence-electron chi connectivity index (χ0n) is 10.4. The van der Waals surface area contributed by atoms with Crippen molar-refractivity contribution in [1.29, 1.82) is 0 Å². The SMILES string of the molecule is CC(c1ccco1)N(CC(=O)O)c1cccc(Cl)c1. The van der Waals surface area contributed by atoms with Crippen molar-refractivity contribution in [3.8, 4) is 0 Å². The quantitative estimate of drug-likeness (QED) is 0.909. The smallest absolute Gasteiger partial charge is 0.323 e. The Bertz CT molecular complexity index is 554. The Morgan fingerprint density at radius 1 is 1.42 bits per heavy atom. The Morgan fingerprint density at radius 2 is 2.21 bits per heavy atom. The minimum Gasteiger partial charge on any atom is -0.480 e. The molecule has 0 bridgehead atoms. The number of furan rings is 1. The first-order valence-corrected chi connectivity index (χ1v) is 6.23. The number of carboxylic acid groups (broad SMARTS) is 1. The van der Waals surface area contributed by atoms with Crippen LogP contribution in [-0.2, 0) is 4.79 Å². The molecule has 0 saturated carbocycles. The average Bonchev–Trinajstić information content (AvgIpc) is 2.88. The van der Waals surface area contributed by atoms with Gasteiger partial charge in [0.15, 0.2) is 0 Å². The van der Waals surface area contributed by atoms with Gasteiger partial charge in [0.05, 0.1) is 12.3 Å². The van der Waals surface area contributed by atoms with Crippen molar-refractivity contribution in [2.75, 3.05) is 11.4 Å². The van der Waals surface area contributed by atoms with Crippen molar-refractivity contribution in [3.63, 3.8) is 0 Å². The van der Waals surface area contributed by atoms with Gasteiger partial charge in [0.2, 0.25) is 0 Å². The number of hydrogen-bond donors (Lipinski definition) is 1. The molecule has 0 fully saturated rings. The molecule has 1 atom stereocenters. The number of carbonyl (C=O) groups is 1. The molecule has 1 unspecified atom stereocenters. The number of rotatable bonds is 5. The molecule has 5 heteroatoms. The fourth-order valence-electron chi connectivity index (χ4n) is 1.93. The Morgan fingerprint density at radius 3 is 2.79 bits per heavy atom. The van der Waals surface area contributed by atoms with Crippen LogP contribution in [0.25, 0.3) is 0 Å². The largest absolute Gasteiger partial charge is 0.480 e. The van der Waals surface area contributed by atoms with E-state index in [0.29, 0.717) is 10.8 Å². The topological polar surface area (TPSA) is 53.7 Å². The monoisotopic (exact) mass is 279 g/mol. The minimum absolute atomic E-state index is 0.123. The Kier molecular flexibility index (Phi) is 4.12. The summed E-state index contributed by atoms with van der Waals surface area (Å²) in [5.41, 5.74) is 0.749. The van der Waals surface area contributed by atoms with Crippen molar-refractivity contribution in [1.82, 2.24) is 0 Å². The second kappa shape index (κ2) is 5.80. The van der Waals surface area contributed by atoms with Crippen molar-refractivity contribution < 1.29 is 14.3 Å². The highest BCUT2D eigenvalue weighted by Crippen LogP contribution is 2.28. The molecule has 1 N–H and O–H groups in total. The van der Waals surface area contributed by atoms with E-state index < -0.39 is 5.97 Å². The van der Waals surface area contributed by atoms with Crippen LogP contribution < -0.4 is 4.90 Å². The number of hydrogen-bond acceptors (Lipinski definition) is 3. The summed E-state index contributed by atoms with van der Waals surface area (Å²) in [5.74, 6) is -0.195. The van der Waals surface area contributed by atoms with E-state index in [1.807, 2.05) is 19.1 Å². The summed E-state index contributed by atoms with van der Waals surface area (Å²) in [6.07, 6.45) is 1.57. The summed E-state index contributed by atoms with van der Waals surface area (Å²) < 4.78 is 5.34. The van der Waals surface area contributed by atoms with Gasteiger partial charge in [-0.1, -0.05) is 17.7 Å².